The lowest BCUT2D eigenvalue weighted by atomic mass is 9.82. The molecule has 4 N–H and O–H groups in total. The minimum absolute atomic E-state index is 0.0521. The van der Waals surface area contributed by atoms with E-state index in [1.165, 1.54) is 23.9 Å². The SMILES string of the molecule is CNCC(=O)N[C@H](c1ccccc1-c1ccc(Cl)cc1)C1CCN(c2ccc(C(=O)NS(=O)(=O)c3ccc(N[C@@H](CCN4CCOCC4)CSc4ccccc4)c(S(=O)(=O)C(F)(F)F)c3)cc2)CC1. The van der Waals surface area contributed by atoms with Crippen LogP contribution >= 0.6 is 23.4 Å². The van der Waals surface area contributed by atoms with Gasteiger partial charge in [-0.3, -0.25) is 14.5 Å². The Hall–Kier alpha value is -5.15. The van der Waals surface area contributed by atoms with Gasteiger partial charge in [-0.05, 0) is 116 Å². The van der Waals surface area contributed by atoms with Crippen LogP contribution in [-0.2, 0) is 29.4 Å². The maximum atomic E-state index is 14.2. The molecule has 0 aliphatic carbocycles. The van der Waals surface area contributed by atoms with Gasteiger partial charge in [-0.1, -0.05) is 66.2 Å². The molecule has 5 aromatic rings. The van der Waals surface area contributed by atoms with Crippen molar-refractivity contribution in [2.24, 2.45) is 5.92 Å². The first kappa shape index (κ1) is 51.7. The first-order valence-electron chi connectivity index (χ1n) is 22.4. The van der Waals surface area contributed by atoms with Gasteiger partial charge in [-0.2, -0.15) is 13.2 Å². The number of sulfone groups is 1. The smallest absolute Gasteiger partial charge is 0.380 e. The fraction of sp³-hybridized carbons (Fsp3) is 0.347. The third-order valence-corrected chi connectivity index (χ3v) is 16.4. The van der Waals surface area contributed by atoms with E-state index in [1.54, 1.807) is 19.2 Å². The van der Waals surface area contributed by atoms with Crippen molar-refractivity contribution in [2.75, 3.05) is 75.5 Å². The second-order valence-electron chi connectivity index (χ2n) is 16.8. The summed E-state index contributed by atoms with van der Waals surface area (Å²) in [6, 6.07) is 32.6. The fourth-order valence-electron chi connectivity index (χ4n) is 8.48. The van der Waals surface area contributed by atoms with E-state index in [2.05, 4.69) is 25.8 Å². The third kappa shape index (κ3) is 13.4. The van der Waals surface area contributed by atoms with Crippen LogP contribution in [0.25, 0.3) is 11.1 Å². The molecule has 69 heavy (non-hydrogen) atoms. The Morgan fingerprint density at radius 3 is 2.17 bits per heavy atom. The van der Waals surface area contributed by atoms with E-state index in [0.717, 1.165) is 39.4 Å². The average Bonchev–Trinajstić information content (AvgIpc) is 3.34. The van der Waals surface area contributed by atoms with E-state index >= 15 is 0 Å². The lowest BCUT2D eigenvalue weighted by molar-refractivity contribution is -0.121. The summed E-state index contributed by atoms with van der Waals surface area (Å²) in [7, 11) is -9.26. The van der Waals surface area contributed by atoms with Crippen LogP contribution in [0.5, 0.6) is 0 Å². The number of ether oxygens (including phenoxy) is 1. The highest BCUT2D eigenvalue weighted by atomic mass is 35.5. The molecule has 0 bridgehead atoms. The number of halogens is 4. The zero-order valence-electron chi connectivity index (χ0n) is 37.8. The number of hydrogen-bond donors (Lipinski definition) is 4. The van der Waals surface area contributed by atoms with E-state index in [9.17, 15) is 39.6 Å². The van der Waals surface area contributed by atoms with Gasteiger partial charge in [0.15, 0.2) is 0 Å². The van der Waals surface area contributed by atoms with Gasteiger partial charge in [0.1, 0.15) is 4.90 Å². The van der Waals surface area contributed by atoms with Crippen molar-refractivity contribution < 1.29 is 44.3 Å². The van der Waals surface area contributed by atoms with Crippen LogP contribution in [0.15, 0.2) is 136 Å². The molecular formula is C49H54ClF3N6O7S3. The summed E-state index contributed by atoms with van der Waals surface area (Å²) < 4.78 is 103. The van der Waals surface area contributed by atoms with Crippen LogP contribution in [0.1, 0.15) is 41.2 Å². The molecule has 2 aliphatic heterocycles. The van der Waals surface area contributed by atoms with Gasteiger partial charge in [0, 0.05) is 65.7 Å². The molecule has 5 aromatic carbocycles. The number of sulfonamides is 1. The Balaban J connectivity index is 1.04. The second kappa shape index (κ2) is 23.2. The first-order chi connectivity index (χ1) is 33.0. The normalized spacial score (nSPS) is 16.1. The highest BCUT2D eigenvalue weighted by molar-refractivity contribution is 7.99. The Morgan fingerprint density at radius 2 is 1.51 bits per heavy atom. The summed E-state index contributed by atoms with van der Waals surface area (Å²) in [5, 5.41) is 9.77. The zero-order chi connectivity index (χ0) is 49.2. The van der Waals surface area contributed by atoms with E-state index in [4.69, 9.17) is 16.3 Å². The maximum Gasteiger partial charge on any atom is 0.501 e. The summed E-state index contributed by atoms with van der Waals surface area (Å²) in [4.78, 5) is 29.5. The van der Waals surface area contributed by atoms with Crippen molar-refractivity contribution in [3.63, 3.8) is 0 Å². The molecule has 0 saturated carbocycles. The van der Waals surface area contributed by atoms with Gasteiger partial charge in [0.25, 0.3) is 25.8 Å². The van der Waals surface area contributed by atoms with Crippen molar-refractivity contribution >= 4 is 66.4 Å². The second-order valence-corrected chi connectivity index (χ2v) is 21.9. The van der Waals surface area contributed by atoms with Crippen molar-refractivity contribution in [1.29, 1.82) is 0 Å². The number of carbonyl (C=O) groups excluding carboxylic acids is 2. The monoisotopic (exact) mass is 1030 g/mol. The largest absolute Gasteiger partial charge is 0.501 e. The summed E-state index contributed by atoms with van der Waals surface area (Å²) in [5.41, 5.74) is -2.54. The van der Waals surface area contributed by atoms with Gasteiger partial charge in [-0.15, -0.1) is 11.8 Å². The highest BCUT2D eigenvalue weighted by Crippen LogP contribution is 2.39. The Labute approximate surface area is 410 Å². The van der Waals surface area contributed by atoms with Gasteiger partial charge in [0.2, 0.25) is 5.91 Å². The van der Waals surface area contributed by atoms with Crippen molar-refractivity contribution in [1.82, 2.24) is 20.3 Å². The number of piperidine rings is 1. The number of hydrogen-bond acceptors (Lipinski definition) is 12. The van der Waals surface area contributed by atoms with Gasteiger partial charge in [-0.25, -0.2) is 21.6 Å². The number of anilines is 2. The standard InChI is InChI=1S/C49H54ClF3N6O7S3/c1-54-32-46(60)56-47(43-10-6-5-9-42(43)34-11-15-37(50)16-12-34)35-21-25-59(26-22-35)39-17-13-36(14-18-39)48(61)57-69(64,65)41-19-20-44(45(31-41)68(62,63)49(51,52)53)55-38(23-24-58-27-29-66-30-28-58)33-67-40-7-3-2-4-8-40/h2-20,31,35,38,47,54-55H,21-30,32-33H2,1H3,(H,56,60)(H,57,61)/t38-,47-/m0/s1. The molecule has 368 valence electrons. The molecule has 2 saturated heterocycles. The third-order valence-electron chi connectivity index (χ3n) is 12.1. The highest BCUT2D eigenvalue weighted by Gasteiger charge is 2.48. The molecule has 0 aromatic heterocycles. The lowest BCUT2D eigenvalue weighted by Crippen LogP contribution is -2.43. The number of rotatable bonds is 19. The minimum atomic E-state index is -6.08. The minimum Gasteiger partial charge on any atom is -0.380 e. The number of thioether (sulfide) groups is 1. The molecule has 7 rings (SSSR count). The van der Waals surface area contributed by atoms with Crippen molar-refractivity contribution in [2.45, 2.75) is 51.5 Å². The van der Waals surface area contributed by atoms with Crippen LogP contribution in [0.3, 0.4) is 0 Å². The summed E-state index contributed by atoms with van der Waals surface area (Å²) in [6.45, 7) is 4.33. The van der Waals surface area contributed by atoms with E-state index in [1.807, 2.05) is 83.6 Å². The molecule has 0 radical (unpaired) electrons. The Kier molecular flexibility index (Phi) is 17.4. The van der Waals surface area contributed by atoms with E-state index in [0.29, 0.717) is 82.0 Å². The molecule has 0 spiro atoms. The molecule has 2 heterocycles. The zero-order valence-corrected chi connectivity index (χ0v) is 41.0. The maximum absolute atomic E-state index is 14.2. The predicted molar refractivity (Wildman–Crippen MR) is 264 cm³/mol. The average molecular weight is 1030 g/mol. The van der Waals surface area contributed by atoms with Crippen LogP contribution < -0.4 is 25.6 Å². The quantitative estimate of drug-likeness (QED) is 0.0590. The molecule has 2 atom stereocenters. The van der Waals surface area contributed by atoms with Gasteiger partial charge in [0.05, 0.1) is 36.4 Å². The molecule has 2 aliphatic rings. The van der Waals surface area contributed by atoms with Crippen LogP contribution in [0.2, 0.25) is 5.02 Å². The molecule has 2 fully saturated rings. The summed E-state index contributed by atoms with van der Waals surface area (Å²) in [6.07, 6.45) is 1.85. The van der Waals surface area contributed by atoms with E-state index < -0.39 is 52.8 Å². The van der Waals surface area contributed by atoms with Crippen LogP contribution in [-0.4, -0.2) is 110 Å². The van der Waals surface area contributed by atoms with Crippen molar-refractivity contribution in [3.8, 4) is 11.1 Å². The molecule has 2 amide bonds. The van der Waals surface area contributed by atoms with Crippen LogP contribution in [0, 0.1) is 5.92 Å². The van der Waals surface area contributed by atoms with Gasteiger partial charge < -0.3 is 25.6 Å². The summed E-state index contributed by atoms with van der Waals surface area (Å²) >= 11 is 7.62. The fourth-order valence-corrected chi connectivity index (χ4v) is 11.6. The van der Waals surface area contributed by atoms with E-state index in [-0.39, 0.29) is 30.0 Å². The Bertz CT molecular complexity index is 2760. The number of nitrogens with one attached hydrogen (secondary N) is 4. The first-order valence-corrected chi connectivity index (χ1v) is 26.8. The summed E-state index contributed by atoms with van der Waals surface area (Å²) in [5.74, 6) is -0.780. The molecule has 20 heteroatoms. The predicted octanol–water partition coefficient (Wildman–Crippen LogP) is 8.01. The number of carbonyl (C=O) groups is 2. The molecular weight excluding hydrogens is 973 g/mol. The van der Waals surface area contributed by atoms with Crippen LogP contribution in [0.4, 0.5) is 24.5 Å². The number of amides is 2. The number of nitrogens with zero attached hydrogens (tertiary/aromatic N) is 2. The number of morpholine rings is 1. The number of likely N-dealkylation sites (N-methyl/N-ethyl adjacent to an activating group) is 1. The molecule has 0 unspecified atom stereocenters. The molecule has 13 nitrogen and oxygen atoms in total. The van der Waals surface area contributed by atoms with Gasteiger partial charge >= 0.3 is 5.51 Å². The number of alkyl halides is 3. The topological polar surface area (TPSA) is 166 Å². The number of benzene rings is 5. The Morgan fingerprint density at radius 1 is 0.841 bits per heavy atom. The van der Waals surface area contributed by atoms with Crippen molar-refractivity contribution in [3.05, 3.63) is 137 Å². The lowest BCUT2D eigenvalue weighted by Gasteiger charge is -2.38.